The molecule has 0 bridgehead atoms. The van der Waals surface area contributed by atoms with Crippen LogP contribution < -0.4 is 5.32 Å². The molecule has 1 aliphatic rings. The zero-order chi connectivity index (χ0) is 13.5. The largest absolute Gasteiger partial charge is 0.481 e. The molecule has 0 radical (unpaired) electrons. The number of carboxylic acid groups (broad SMARTS) is 1. The highest BCUT2D eigenvalue weighted by Crippen LogP contribution is 2.29. The summed E-state index contributed by atoms with van der Waals surface area (Å²) in [5.74, 6) is 0.687. The van der Waals surface area contributed by atoms with E-state index in [4.69, 9.17) is 5.11 Å². The fourth-order valence-corrected chi connectivity index (χ4v) is 3.05. The second kappa shape index (κ2) is 7.67. The monoisotopic (exact) mass is 273 g/mol. The van der Waals surface area contributed by atoms with Crippen molar-refractivity contribution in [3.63, 3.8) is 0 Å². The second-order valence-electron chi connectivity index (χ2n) is 5.19. The number of hydrogen-bond acceptors (Lipinski definition) is 3. The second-order valence-corrected chi connectivity index (χ2v) is 6.10. The highest BCUT2D eigenvalue weighted by Gasteiger charge is 2.29. The summed E-state index contributed by atoms with van der Waals surface area (Å²) < 4.78 is 0. The molecule has 1 aliphatic carbocycles. The highest BCUT2D eigenvalue weighted by molar-refractivity contribution is 7.98. The SMILES string of the molecule is CSCC(C)CNC(=O)C1CCC(C(=O)O)CC1. The Kier molecular flexibility index (Phi) is 6.54. The third-order valence-electron chi connectivity index (χ3n) is 3.52. The van der Waals surface area contributed by atoms with Gasteiger partial charge in [0.1, 0.15) is 0 Å². The molecule has 0 aromatic rings. The van der Waals surface area contributed by atoms with Gasteiger partial charge in [-0.05, 0) is 43.6 Å². The maximum atomic E-state index is 11.9. The third kappa shape index (κ3) is 4.88. The Bertz CT molecular complexity index is 288. The lowest BCUT2D eigenvalue weighted by atomic mass is 9.81. The Morgan fingerprint density at radius 3 is 2.33 bits per heavy atom. The minimum absolute atomic E-state index is 0.0158. The van der Waals surface area contributed by atoms with Crippen molar-refractivity contribution in [3.05, 3.63) is 0 Å². The molecule has 1 atom stereocenters. The van der Waals surface area contributed by atoms with Gasteiger partial charge < -0.3 is 10.4 Å². The topological polar surface area (TPSA) is 66.4 Å². The van der Waals surface area contributed by atoms with Crippen LogP contribution in [0, 0.1) is 17.8 Å². The van der Waals surface area contributed by atoms with Gasteiger partial charge in [0.15, 0.2) is 0 Å². The van der Waals surface area contributed by atoms with Crippen LogP contribution in [-0.2, 0) is 9.59 Å². The fourth-order valence-electron chi connectivity index (χ4n) is 2.37. The molecular formula is C13H23NO3S. The van der Waals surface area contributed by atoms with E-state index in [2.05, 4.69) is 18.5 Å². The first-order chi connectivity index (χ1) is 8.54. The first kappa shape index (κ1) is 15.3. The lowest BCUT2D eigenvalue weighted by Crippen LogP contribution is -2.36. The van der Waals surface area contributed by atoms with Gasteiger partial charge in [0.05, 0.1) is 5.92 Å². The van der Waals surface area contributed by atoms with Crippen molar-refractivity contribution in [3.8, 4) is 0 Å². The van der Waals surface area contributed by atoms with Crippen LogP contribution in [-0.4, -0.2) is 35.5 Å². The summed E-state index contributed by atoms with van der Waals surface area (Å²) in [5.41, 5.74) is 0. The maximum Gasteiger partial charge on any atom is 0.306 e. The minimum Gasteiger partial charge on any atom is -0.481 e. The van der Waals surface area contributed by atoms with Gasteiger partial charge in [-0.25, -0.2) is 0 Å². The molecule has 0 heterocycles. The molecule has 104 valence electrons. The average molecular weight is 273 g/mol. The van der Waals surface area contributed by atoms with Crippen molar-refractivity contribution in [2.45, 2.75) is 32.6 Å². The Morgan fingerprint density at radius 2 is 1.83 bits per heavy atom. The first-order valence-electron chi connectivity index (χ1n) is 6.54. The summed E-state index contributed by atoms with van der Waals surface area (Å²) in [6, 6.07) is 0. The Morgan fingerprint density at radius 1 is 1.28 bits per heavy atom. The maximum absolute atomic E-state index is 11.9. The van der Waals surface area contributed by atoms with Gasteiger partial charge in [0.25, 0.3) is 0 Å². The van der Waals surface area contributed by atoms with E-state index in [9.17, 15) is 9.59 Å². The van der Waals surface area contributed by atoms with Gasteiger partial charge in [-0.15, -0.1) is 0 Å². The van der Waals surface area contributed by atoms with Gasteiger partial charge in [-0.3, -0.25) is 9.59 Å². The van der Waals surface area contributed by atoms with Crippen LogP contribution in [0.15, 0.2) is 0 Å². The van der Waals surface area contributed by atoms with Crippen LogP contribution >= 0.6 is 11.8 Å². The number of nitrogens with one attached hydrogen (secondary N) is 1. The van der Waals surface area contributed by atoms with Crippen LogP contribution in [0.2, 0.25) is 0 Å². The number of hydrogen-bond donors (Lipinski definition) is 2. The van der Waals surface area contributed by atoms with Crippen molar-refractivity contribution in [1.82, 2.24) is 5.32 Å². The van der Waals surface area contributed by atoms with Gasteiger partial charge >= 0.3 is 5.97 Å². The van der Waals surface area contributed by atoms with E-state index < -0.39 is 5.97 Å². The molecule has 1 saturated carbocycles. The van der Waals surface area contributed by atoms with Crippen LogP contribution in [0.3, 0.4) is 0 Å². The fraction of sp³-hybridized carbons (Fsp3) is 0.846. The molecule has 5 heteroatoms. The molecule has 2 N–H and O–H groups in total. The normalized spacial score (nSPS) is 25.4. The lowest BCUT2D eigenvalue weighted by molar-refractivity contribution is -0.144. The number of carbonyl (C=O) groups excluding carboxylic acids is 1. The Labute approximate surface area is 113 Å². The van der Waals surface area contributed by atoms with E-state index in [0.29, 0.717) is 31.6 Å². The summed E-state index contributed by atoms with van der Waals surface area (Å²) in [5, 5.41) is 11.9. The smallest absolute Gasteiger partial charge is 0.306 e. The van der Waals surface area contributed by atoms with Gasteiger partial charge in [0.2, 0.25) is 5.91 Å². The number of carbonyl (C=O) groups is 2. The number of rotatable bonds is 6. The molecule has 1 rings (SSSR count). The lowest BCUT2D eigenvalue weighted by Gasteiger charge is -2.25. The van der Waals surface area contributed by atoms with Crippen LogP contribution in [0.4, 0.5) is 0 Å². The Hall–Kier alpha value is -0.710. The van der Waals surface area contributed by atoms with Gasteiger partial charge in [-0.2, -0.15) is 11.8 Å². The summed E-state index contributed by atoms with van der Waals surface area (Å²) in [6.45, 7) is 2.84. The molecule has 0 aliphatic heterocycles. The molecule has 0 saturated heterocycles. The van der Waals surface area contributed by atoms with E-state index in [1.165, 1.54) is 0 Å². The summed E-state index contributed by atoms with van der Waals surface area (Å²) >= 11 is 1.78. The summed E-state index contributed by atoms with van der Waals surface area (Å²) in [4.78, 5) is 22.7. The number of amides is 1. The number of carboxylic acids is 1. The van der Waals surface area contributed by atoms with Crippen LogP contribution in [0.25, 0.3) is 0 Å². The van der Waals surface area contributed by atoms with E-state index in [0.717, 1.165) is 12.3 Å². The standard InChI is InChI=1S/C13H23NO3S/c1-9(8-18-2)7-14-12(15)10-3-5-11(6-4-10)13(16)17/h9-11H,3-8H2,1-2H3,(H,14,15)(H,16,17). The van der Waals surface area contributed by atoms with E-state index in [-0.39, 0.29) is 17.7 Å². The minimum atomic E-state index is -0.720. The number of thioether (sulfide) groups is 1. The predicted octanol–water partition coefficient (Wildman–Crippen LogP) is 1.99. The quantitative estimate of drug-likeness (QED) is 0.776. The third-order valence-corrected chi connectivity index (χ3v) is 4.43. The van der Waals surface area contributed by atoms with Crippen LogP contribution in [0.5, 0.6) is 0 Å². The molecule has 0 aromatic carbocycles. The molecule has 1 amide bonds. The molecule has 4 nitrogen and oxygen atoms in total. The van der Waals surface area contributed by atoms with E-state index in [1.54, 1.807) is 11.8 Å². The van der Waals surface area contributed by atoms with Crippen molar-refractivity contribution in [2.75, 3.05) is 18.6 Å². The van der Waals surface area contributed by atoms with Crippen molar-refractivity contribution in [1.29, 1.82) is 0 Å². The van der Waals surface area contributed by atoms with Crippen LogP contribution in [0.1, 0.15) is 32.6 Å². The molecular weight excluding hydrogens is 250 g/mol. The first-order valence-corrected chi connectivity index (χ1v) is 7.93. The average Bonchev–Trinajstić information content (AvgIpc) is 2.36. The van der Waals surface area contributed by atoms with Crippen molar-refractivity contribution < 1.29 is 14.7 Å². The van der Waals surface area contributed by atoms with Crippen molar-refractivity contribution >= 4 is 23.6 Å². The zero-order valence-electron chi connectivity index (χ0n) is 11.1. The van der Waals surface area contributed by atoms with E-state index in [1.807, 2.05) is 0 Å². The van der Waals surface area contributed by atoms with Gasteiger partial charge in [-0.1, -0.05) is 6.92 Å². The molecule has 18 heavy (non-hydrogen) atoms. The summed E-state index contributed by atoms with van der Waals surface area (Å²) in [7, 11) is 0. The summed E-state index contributed by atoms with van der Waals surface area (Å²) in [6.07, 6.45) is 4.74. The van der Waals surface area contributed by atoms with Crippen molar-refractivity contribution in [2.24, 2.45) is 17.8 Å². The molecule has 1 fully saturated rings. The van der Waals surface area contributed by atoms with E-state index >= 15 is 0 Å². The Balaban J connectivity index is 2.25. The molecule has 0 aromatic heterocycles. The number of aliphatic carboxylic acids is 1. The highest BCUT2D eigenvalue weighted by atomic mass is 32.2. The predicted molar refractivity (Wildman–Crippen MR) is 73.6 cm³/mol. The zero-order valence-corrected chi connectivity index (χ0v) is 12.0. The van der Waals surface area contributed by atoms with Gasteiger partial charge in [0, 0.05) is 12.5 Å². The molecule has 0 spiro atoms. The molecule has 1 unspecified atom stereocenters.